The molecule has 2 unspecified atom stereocenters. The Morgan fingerprint density at radius 3 is 2.60 bits per heavy atom. The first-order chi connectivity index (χ1) is 6.84. The topological polar surface area (TPSA) is 29.5 Å². The van der Waals surface area contributed by atoms with E-state index in [2.05, 4.69) is 6.58 Å². The molecule has 0 N–H and O–H groups in total. The highest BCUT2D eigenvalue weighted by molar-refractivity contribution is 5.87. The molecule has 15 heavy (non-hydrogen) atoms. The van der Waals surface area contributed by atoms with Crippen LogP contribution >= 0.6 is 0 Å². The summed E-state index contributed by atoms with van der Waals surface area (Å²) in [6.07, 6.45) is -5.95. The number of hydrogen-bond acceptors (Lipinski definition) is 2. The van der Waals surface area contributed by atoms with Crippen molar-refractivity contribution in [3.63, 3.8) is 0 Å². The summed E-state index contributed by atoms with van der Waals surface area (Å²) >= 11 is 0. The maximum absolute atomic E-state index is 12.4. The van der Waals surface area contributed by atoms with Crippen LogP contribution in [-0.4, -0.2) is 42.3 Å². The Hall–Kier alpha value is -1.04. The molecule has 0 aromatic carbocycles. The quantitative estimate of drug-likeness (QED) is 0.628. The van der Waals surface area contributed by atoms with Gasteiger partial charge < -0.3 is 9.64 Å². The van der Waals surface area contributed by atoms with Gasteiger partial charge >= 0.3 is 6.18 Å². The van der Waals surface area contributed by atoms with Gasteiger partial charge in [0.2, 0.25) is 5.91 Å². The SMILES string of the molecule is C=CC(=O)N1CC(C)OC(C(F)(F)F)C1. The molecule has 1 saturated heterocycles. The average molecular weight is 223 g/mol. The largest absolute Gasteiger partial charge is 0.416 e. The minimum atomic E-state index is -4.44. The van der Waals surface area contributed by atoms with E-state index in [4.69, 9.17) is 4.74 Å². The van der Waals surface area contributed by atoms with Gasteiger partial charge in [0.1, 0.15) is 0 Å². The predicted octanol–water partition coefficient (Wildman–Crippen LogP) is 1.35. The van der Waals surface area contributed by atoms with Crippen molar-refractivity contribution >= 4 is 5.91 Å². The highest BCUT2D eigenvalue weighted by Gasteiger charge is 2.45. The number of alkyl halides is 3. The molecule has 0 aliphatic carbocycles. The Bertz CT molecular complexity index is 265. The molecule has 86 valence electrons. The van der Waals surface area contributed by atoms with Crippen molar-refractivity contribution in [2.75, 3.05) is 13.1 Å². The maximum atomic E-state index is 12.4. The Kier molecular flexibility index (Phi) is 3.38. The van der Waals surface area contributed by atoms with Gasteiger partial charge in [0, 0.05) is 6.54 Å². The number of morpholine rings is 1. The predicted molar refractivity (Wildman–Crippen MR) is 47.2 cm³/mol. The van der Waals surface area contributed by atoms with Crippen LogP contribution in [0.5, 0.6) is 0 Å². The van der Waals surface area contributed by atoms with E-state index >= 15 is 0 Å². The van der Waals surface area contributed by atoms with Crippen LogP contribution in [0.15, 0.2) is 12.7 Å². The van der Waals surface area contributed by atoms with Crippen LogP contribution in [0.2, 0.25) is 0 Å². The zero-order valence-corrected chi connectivity index (χ0v) is 8.25. The molecule has 1 rings (SSSR count). The molecule has 0 bridgehead atoms. The van der Waals surface area contributed by atoms with E-state index in [9.17, 15) is 18.0 Å². The molecular weight excluding hydrogens is 211 g/mol. The monoisotopic (exact) mass is 223 g/mol. The highest BCUT2D eigenvalue weighted by atomic mass is 19.4. The molecule has 0 aromatic rings. The highest BCUT2D eigenvalue weighted by Crippen LogP contribution is 2.27. The minimum Gasteiger partial charge on any atom is -0.362 e. The van der Waals surface area contributed by atoms with Gasteiger partial charge in [0.25, 0.3) is 0 Å². The molecule has 3 nitrogen and oxygen atoms in total. The van der Waals surface area contributed by atoms with E-state index in [-0.39, 0.29) is 6.54 Å². The van der Waals surface area contributed by atoms with Crippen molar-refractivity contribution in [1.29, 1.82) is 0 Å². The summed E-state index contributed by atoms with van der Waals surface area (Å²) in [4.78, 5) is 12.3. The molecule has 1 amide bonds. The second-order valence-corrected chi connectivity index (χ2v) is 3.42. The minimum absolute atomic E-state index is 0.164. The Labute approximate surface area is 85.5 Å². The zero-order chi connectivity index (χ0) is 11.6. The molecule has 0 aromatic heterocycles. The second kappa shape index (κ2) is 4.22. The average Bonchev–Trinajstić information content (AvgIpc) is 2.14. The Balaban J connectivity index is 2.72. The maximum Gasteiger partial charge on any atom is 0.416 e. The summed E-state index contributed by atoms with van der Waals surface area (Å²) in [6.45, 7) is 4.44. The van der Waals surface area contributed by atoms with Crippen molar-refractivity contribution in [2.45, 2.75) is 25.3 Å². The fourth-order valence-electron chi connectivity index (χ4n) is 1.44. The lowest BCUT2D eigenvalue weighted by Gasteiger charge is -2.36. The molecule has 0 saturated carbocycles. The van der Waals surface area contributed by atoms with Gasteiger partial charge in [-0.3, -0.25) is 4.79 Å². The van der Waals surface area contributed by atoms with Gasteiger partial charge in [-0.2, -0.15) is 13.2 Å². The number of carbonyl (C=O) groups excluding carboxylic acids is 1. The molecule has 2 atom stereocenters. The van der Waals surface area contributed by atoms with Gasteiger partial charge in [-0.15, -0.1) is 0 Å². The number of ether oxygens (including phenoxy) is 1. The number of rotatable bonds is 1. The lowest BCUT2D eigenvalue weighted by atomic mass is 10.2. The van der Waals surface area contributed by atoms with E-state index < -0.39 is 30.8 Å². The summed E-state index contributed by atoms with van der Waals surface area (Å²) in [7, 11) is 0. The molecule has 1 aliphatic heterocycles. The summed E-state index contributed by atoms with van der Waals surface area (Å²) in [5.41, 5.74) is 0. The first-order valence-corrected chi connectivity index (χ1v) is 4.48. The van der Waals surface area contributed by atoms with Crippen molar-refractivity contribution in [3.8, 4) is 0 Å². The van der Waals surface area contributed by atoms with Gasteiger partial charge in [-0.05, 0) is 13.0 Å². The number of nitrogens with zero attached hydrogens (tertiary/aromatic N) is 1. The number of halogens is 3. The number of hydrogen-bond donors (Lipinski definition) is 0. The number of carbonyl (C=O) groups is 1. The third kappa shape index (κ3) is 2.95. The first kappa shape index (κ1) is 12.0. The van der Waals surface area contributed by atoms with Crippen LogP contribution in [0.4, 0.5) is 13.2 Å². The second-order valence-electron chi connectivity index (χ2n) is 3.42. The van der Waals surface area contributed by atoms with Crippen LogP contribution in [-0.2, 0) is 9.53 Å². The van der Waals surface area contributed by atoms with Gasteiger partial charge in [0.05, 0.1) is 12.6 Å². The molecule has 1 aliphatic rings. The van der Waals surface area contributed by atoms with Crippen LogP contribution in [0.25, 0.3) is 0 Å². The van der Waals surface area contributed by atoms with Crippen molar-refractivity contribution in [2.24, 2.45) is 0 Å². The molecule has 0 radical (unpaired) electrons. The third-order valence-corrected chi connectivity index (χ3v) is 2.11. The van der Waals surface area contributed by atoms with Crippen molar-refractivity contribution < 1.29 is 22.7 Å². The van der Waals surface area contributed by atoms with Crippen LogP contribution in [0.3, 0.4) is 0 Å². The Morgan fingerprint density at radius 2 is 2.13 bits per heavy atom. The molecular formula is C9H12F3NO2. The fraction of sp³-hybridized carbons (Fsp3) is 0.667. The third-order valence-electron chi connectivity index (χ3n) is 2.11. The van der Waals surface area contributed by atoms with Crippen molar-refractivity contribution in [1.82, 2.24) is 4.90 Å². The molecule has 6 heteroatoms. The van der Waals surface area contributed by atoms with Crippen LogP contribution < -0.4 is 0 Å². The van der Waals surface area contributed by atoms with Crippen molar-refractivity contribution in [3.05, 3.63) is 12.7 Å². The standard InChI is InChI=1S/C9H12F3NO2/c1-3-8(14)13-4-6(2)15-7(5-13)9(10,11)12/h3,6-7H,1,4-5H2,2H3. The lowest BCUT2D eigenvalue weighted by Crippen LogP contribution is -2.53. The normalized spacial score (nSPS) is 27.6. The fourth-order valence-corrected chi connectivity index (χ4v) is 1.44. The van der Waals surface area contributed by atoms with E-state index in [1.165, 1.54) is 6.92 Å². The first-order valence-electron chi connectivity index (χ1n) is 4.48. The van der Waals surface area contributed by atoms with Gasteiger partial charge in [-0.1, -0.05) is 6.58 Å². The van der Waals surface area contributed by atoms with Crippen LogP contribution in [0.1, 0.15) is 6.92 Å². The summed E-state index contributed by atoms with van der Waals surface area (Å²) in [5.74, 6) is -0.501. The Morgan fingerprint density at radius 1 is 1.53 bits per heavy atom. The van der Waals surface area contributed by atoms with E-state index in [0.29, 0.717) is 0 Å². The van der Waals surface area contributed by atoms with Crippen LogP contribution in [0, 0.1) is 0 Å². The summed E-state index contributed by atoms with van der Waals surface area (Å²) in [6, 6.07) is 0. The molecule has 1 heterocycles. The summed E-state index contributed by atoms with van der Waals surface area (Å²) in [5, 5.41) is 0. The van der Waals surface area contributed by atoms with E-state index in [1.807, 2.05) is 0 Å². The van der Waals surface area contributed by atoms with E-state index in [0.717, 1.165) is 11.0 Å². The van der Waals surface area contributed by atoms with Gasteiger partial charge in [-0.25, -0.2) is 0 Å². The number of amides is 1. The molecule has 0 spiro atoms. The van der Waals surface area contributed by atoms with Gasteiger partial charge in [0.15, 0.2) is 6.10 Å². The zero-order valence-electron chi connectivity index (χ0n) is 8.25. The summed E-state index contributed by atoms with van der Waals surface area (Å²) < 4.78 is 41.8. The lowest BCUT2D eigenvalue weighted by molar-refractivity contribution is -0.249. The smallest absolute Gasteiger partial charge is 0.362 e. The van der Waals surface area contributed by atoms with E-state index in [1.54, 1.807) is 0 Å². The molecule has 1 fully saturated rings.